The van der Waals surface area contributed by atoms with E-state index in [2.05, 4.69) is 57.6 Å². The monoisotopic (exact) mass is 443 g/mol. The summed E-state index contributed by atoms with van der Waals surface area (Å²) in [5.41, 5.74) is 2.14. The van der Waals surface area contributed by atoms with E-state index in [4.69, 9.17) is 0 Å². The Morgan fingerprint density at radius 3 is 2.56 bits per heavy atom. The Labute approximate surface area is 186 Å². The molecule has 0 saturated carbocycles. The van der Waals surface area contributed by atoms with E-state index in [-0.39, 0.29) is 12.1 Å². The summed E-state index contributed by atoms with van der Waals surface area (Å²) < 4.78 is 39.8. The molecule has 5 nitrogen and oxygen atoms in total. The van der Waals surface area contributed by atoms with Gasteiger partial charge in [0, 0.05) is 42.1 Å². The maximum Gasteiger partial charge on any atom is 0.416 e. The first-order valence-corrected chi connectivity index (χ1v) is 10.7. The standard InChI is InChI=1S/C24H28F3N5/c1-15-17(6-5-7-22(15)24(25,26)27)13-28-23-21-12-18(8-9-20(21)16(2)29-30-23)32-11-10-19(14-32)31(3)4/h5-9,12,19H,10-11,13-14H2,1-4H3,(H,28,30). The van der Waals surface area contributed by atoms with Gasteiger partial charge >= 0.3 is 6.18 Å². The van der Waals surface area contributed by atoms with Crippen LogP contribution in [-0.2, 0) is 12.7 Å². The Kier molecular flexibility index (Phi) is 5.99. The summed E-state index contributed by atoms with van der Waals surface area (Å²) in [6, 6.07) is 11.1. The van der Waals surface area contributed by atoms with Crippen molar-refractivity contribution in [2.24, 2.45) is 0 Å². The van der Waals surface area contributed by atoms with Gasteiger partial charge < -0.3 is 15.1 Å². The number of halogens is 3. The van der Waals surface area contributed by atoms with E-state index < -0.39 is 11.7 Å². The summed E-state index contributed by atoms with van der Waals surface area (Å²) in [5.74, 6) is 0.576. The van der Waals surface area contributed by atoms with Gasteiger partial charge in [-0.25, -0.2) is 0 Å². The lowest BCUT2D eigenvalue weighted by Crippen LogP contribution is -2.31. The van der Waals surface area contributed by atoms with Crippen LogP contribution in [0.4, 0.5) is 24.7 Å². The van der Waals surface area contributed by atoms with Gasteiger partial charge in [-0.1, -0.05) is 18.2 Å². The SMILES string of the molecule is Cc1c(CNc2nnc(C)c3ccc(N4CCC(N(C)C)C4)cc23)cccc1C(F)(F)F. The number of fused-ring (bicyclic) bond motifs is 1. The molecule has 170 valence electrons. The molecular formula is C24H28F3N5. The van der Waals surface area contributed by atoms with E-state index in [0.29, 0.717) is 17.4 Å². The molecular weight excluding hydrogens is 415 g/mol. The molecule has 0 amide bonds. The van der Waals surface area contributed by atoms with Crippen LogP contribution in [0.2, 0.25) is 0 Å². The molecule has 0 aliphatic carbocycles. The number of anilines is 2. The van der Waals surface area contributed by atoms with Crippen molar-refractivity contribution in [3.05, 3.63) is 58.8 Å². The van der Waals surface area contributed by atoms with Crippen LogP contribution in [0.25, 0.3) is 10.8 Å². The average Bonchev–Trinajstić information content (AvgIpc) is 3.24. The van der Waals surface area contributed by atoms with E-state index >= 15 is 0 Å². The normalized spacial score (nSPS) is 16.9. The van der Waals surface area contributed by atoms with Crippen molar-refractivity contribution in [2.45, 2.75) is 39.0 Å². The number of hydrogen-bond donors (Lipinski definition) is 1. The quantitative estimate of drug-likeness (QED) is 0.600. The number of rotatable bonds is 5. The third-order valence-electron chi connectivity index (χ3n) is 6.40. The molecule has 4 rings (SSSR count). The Bertz CT molecular complexity index is 1130. The Balaban J connectivity index is 1.63. The molecule has 1 atom stereocenters. The maximum absolute atomic E-state index is 13.3. The molecule has 2 aromatic carbocycles. The molecule has 1 aliphatic rings. The van der Waals surface area contributed by atoms with Crippen LogP contribution in [0.1, 0.15) is 28.8 Å². The third-order valence-corrected chi connectivity index (χ3v) is 6.40. The molecule has 32 heavy (non-hydrogen) atoms. The number of nitrogens with one attached hydrogen (secondary N) is 1. The van der Waals surface area contributed by atoms with Crippen LogP contribution in [0.15, 0.2) is 36.4 Å². The molecule has 1 unspecified atom stereocenters. The van der Waals surface area contributed by atoms with E-state index in [1.54, 1.807) is 6.07 Å². The van der Waals surface area contributed by atoms with E-state index in [1.807, 2.05) is 6.92 Å². The molecule has 1 aliphatic heterocycles. The largest absolute Gasteiger partial charge is 0.416 e. The topological polar surface area (TPSA) is 44.3 Å². The summed E-state index contributed by atoms with van der Waals surface area (Å²) in [7, 11) is 4.20. The van der Waals surface area contributed by atoms with E-state index in [9.17, 15) is 13.2 Å². The van der Waals surface area contributed by atoms with Crippen LogP contribution < -0.4 is 10.2 Å². The van der Waals surface area contributed by atoms with Gasteiger partial charge in [0.05, 0.1) is 11.3 Å². The van der Waals surface area contributed by atoms with E-state index in [1.165, 1.54) is 13.0 Å². The fourth-order valence-electron chi connectivity index (χ4n) is 4.36. The van der Waals surface area contributed by atoms with Gasteiger partial charge in [-0.15, -0.1) is 5.10 Å². The van der Waals surface area contributed by atoms with Crippen molar-refractivity contribution in [1.29, 1.82) is 0 Å². The summed E-state index contributed by atoms with van der Waals surface area (Å²) in [5, 5.41) is 13.7. The van der Waals surface area contributed by atoms with Gasteiger partial charge in [0.15, 0.2) is 5.82 Å². The van der Waals surface area contributed by atoms with Crippen molar-refractivity contribution < 1.29 is 13.2 Å². The number of nitrogens with zero attached hydrogens (tertiary/aromatic N) is 4. The molecule has 8 heteroatoms. The fraction of sp³-hybridized carbons (Fsp3) is 0.417. The Hall–Kier alpha value is -2.87. The van der Waals surface area contributed by atoms with Crippen LogP contribution in [0, 0.1) is 13.8 Å². The Morgan fingerprint density at radius 2 is 1.88 bits per heavy atom. The van der Waals surface area contributed by atoms with Gasteiger partial charge in [0.25, 0.3) is 0 Å². The smallest absolute Gasteiger partial charge is 0.370 e. The van der Waals surface area contributed by atoms with Crippen LogP contribution in [-0.4, -0.2) is 48.3 Å². The Morgan fingerprint density at radius 1 is 1.09 bits per heavy atom. The molecule has 0 radical (unpaired) electrons. The number of aryl methyl sites for hydroxylation is 1. The minimum absolute atomic E-state index is 0.226. The number of likely N-dealkylation sites (N-methyl/N-ethyl adjacent to an activating group) is 1. The van der Waals surface area contributed by atoms with Gasteiger partial charge in [-0.2, -0.15) is 18.3 Å². The van der Waals surface area contributed by atoms with Gasteiger partial charge in [-0.05, 0) is 63.7 Å². The number of alkyl halides is 3. The zero-order chi connectivity index (χ0) is 23.0. The molecule has 3 aromatic rings. The summed E-state index contributed by atoms with van der Waals surface area (Å²) in [6.07, 6.45) is -3.26. The summed E-state index contributed by atoms with van der Waals surface area (Å²) in [4.78, 5) is 4.61. The zero-order valence-corrected chi connectivity index (χ0v) is 18.8. The minimum Gasteiger partial charge on any atom is -0.370 e. The lowest BCUT2D eigenvalue weighted by molar-refractivity contribution is -0.138. The maximum atomic E-state index is 13.3. The van der Waals surface area contributed by atoms with Crippen LogP contribution in [0.3, 0.4) is 0 Å². The zero-order valence-electron chi connectivity index (χ0n) is 18.8. The predicted molar refractivity (Wildman–Crippen MR) is 122 cm³/mol. The first kappa shape index (κ1) is 22.3. The van der Waals surface area contributed by atoms with Crippen LogP contribution in [0.5, 0.6) is 0 Å². The molecule has 0 bridgehead atoms. The summed E-state index contributed by atoms with van der Waals surface area (Å²) >= 11 is 0. The van der Waals surface area contributed by atoms with Crippen molar-refractivity contribution in [1.82, 2.24) is 15.1 Å². The molecule has 1 fully saturated rings. The number of aromatic nitrogens is 2. The van der Waals surface area contributed by atoms with Gasteiger partial charge in [0.2, 0.25) is 0 Å². The van der Waals surface area contributed by atoms with Crippen molar-refractivity contribution in [2.75, 3.05) is 37.4 Å². The van der Waals surface area contributed by atoms with Crippen molar-refractivity contribution >= 4 is 22.3 Å². The van der Waals surface area contributed by atoms with Crippen molar-refractivity contribution in [3.8, 4) is 0 Å². The second kappa shape index (κ2) is 8.58. The minimum atomic E-state index is -4.37. The lowest BCUT2D eigenvalue weighted by atomic mass is 10.0. The average molecular weight is 444 g/mol. The van der Waals surface area contributed by atoms with Gasteiger partial charge in [0.1, 0.15) is 0 Å². The number of hydrogen-bond acceptors (Lipinski definition) is 5. The van der Waals surface area contributed by atoms with Crippen LogP contribution >= 0.6 is 0 Å². The van der Waals surface area contributed by atoms with Crippen molar-refractivity contribution in [3.63, 3.8) is 0 Å². The lowest BCUT2D eigenvalue weighted by Gasteiger charge is -2.22. The highest BCUT2D eigenvalue weighted by Crippen LogP contribution is 2.34. The third kappa shape index (κ3) is 4.37. The molecule has 2 heterocycles. The second-order valence-corrected chi connectivity index (χ2v) is 8.66. The highest BCUT2D eigenvalue weighted by Gasteiger charge is 2.32. The van der Waals surface area contributed by atoms with E-state index in [0.717, 1.165) is 47.7 Å². The second-order valence-electron chi connectivity index (χ2n) is 8.66. The predicted octanol–water partition coefficient (Wildman–Crippen LogP) is 5.02. The van der Waals surface area contributed by atoms with Gasteiger partial charge in [-0.3, -0.25) is 0 Å². The summed E-state index contributed by atoms with van der Waals surface area (Å²) in [6.45, 7) is 5.60. The first-order valence-electron chi connectivity index (χ1n) is 10.7. The molecule has 0 spiro atoms. The molecule has 1 saturated heterocycles. The molecule has 1 aromatic heterocycles. The fourth-order valence-corrected chi connectivity index (χ4v) is 4.36. The highest BCUT2D eigenvalue weighted by atomic mass is 19.4. The number of benzene rings is 2. The molecule has 1 N–H and O–H groups in total. The highest BCUT2D eigenvalue weighted by molar-refractivity contribution is 5.95. The first-order chi connectivity index (χ1) is 15.1.